The summed E-state index contributed by atoms with van der Waals surface area (Å²) in [5.41, 5.74) is 2.18. The summed E-state index contributed by atoms with van der Waals surface area (Å²) in [7, 11) is 0. The number of carbonyl (C=O) groups excluding carboxylic acids is 1. The number of nitrogens with one attached hydrogen (secondary N) is 1. The fraction of sp³-hybridized carbons (Fsp3) is 0.400. The maximum absolute atomic E-state index is 12.6. The number of carbonyl (C=O) groups is 1. The van der Waals surface area contributed by atoms with E-state index in [2.05, 4.69) is 15.2 Å². The van der Waals surface area contributed by atoms with Crippen LogP contribution >= 0.6 is 11.6 Å². The monoisotopic (exact) mass is 320 g/mol. The molecule has 1 fully saturated rings. The second-order valence-corrected chi connectivity index (χ2v) is 5.98. The largest absolute Gasteiger partial charge is 0.505 e. The lowest BCUT2D eigenvalue weighted by atomic mass is 9.94. The minimum atomic E-state index is -0.223. The number of nitrogens with zero attached hydrogens (tertiary/aromatic N) is 3. The number of aromatic nitrogens is 3. The maximum atomic E-state index is 12.6. The zero-order valence-electron chi connectivity index (χ0n) is 12.2. The Hall–Kier alpha value is -2.08. The Kier molecular flexibility index (Phi) is 4.02. The highest BCUT2D eigenvalue weighted by Gasteiger charge is 2.28. The van der Waals surface area contributed by atoms with E-state index in [1.165, 1.54) is 12.3 Å². The number of aromatic hydroxyl groups is 1. The predicted molar refractivity (Wildman–Crippen MR) is 82.1 cm³/mol. The Balaban J connectivity index is 1.79. The number of likely N-dealkylation sites (tertiary alicyclic amines) is 1. The molecule has 2 N–H and O–H groups in total. The first-order valence-electron chi connectivity index (χ1n) is 7.20. The smallest absolute Gasteiger partial charge is 0.257 e. The molecule has 2 aromatic heterocycles. The molecule has 7 heteroatoms. The van der Waals surface area contributed by atoms with Gasteiger partial charge in [-0.1, -0.05) is 11.6 Å². The molecule has 2 aromatic rings. The number of aromatic amines is 1. The van der Waals surface area contributed by atoms with Gasteiger partial charge in [-0.2, -0.15) is 5.10 Å². The van der Waals surface area contributed by atoms with Gasteiger partial charge >= 0.3 is 0 Å². The number of hydrogen-bond donors (Lipinski definition) is 2. The van der Waals surface area contributed by atoms with Crippen LogP contribution in [0.1, 0.15) is 40.5 Å². The lowest BCUT2D eigenvalue weighted by Gasteiger charge is -2.32. The number of rotatable bonds is 2. The summed E-state index contributed by atoms with van der Waals surface area (Å²) < 4.78 is 0. The summed E-state index contributed by atoms with van der Waals surface area (Å²) in [6.07, 6.45) is 3.10. The lowest BCUT2D eigenvalue weighted by Crippen LogP contribution is -2.39. The Morgan fingerprint density at radius 3 is 3.05 bits per heavy atom. The first-order valence-corrected chi connectivity index (χ1v) is 7.58. The predicted octanol–water partition coefficient (Wildman–Crippen LogP) is 2.49. The van der Waals surface area contributed by atoms with E-state index in [1.807, 2.05) is 13.0 Å². The summed E-state index contributed by atoms with van der Waals surface area (Å²) in [5.74, 6) is -0.159. The topological polar surface area (TPSA) is 82.1 Å². The van der Waals surface area contributed by atoms with E-state index in [-0.39, 0.29) is 28.3 Å². The average Bonchev–Trinajstić information content (AvgIpc) is 2.96. The first kappa shape index (κ1) is 14.8. The highest BCUT2D eigenvalue weighted by atomic mass is 35.5. The highest BCUT2D eigenvalue weighted by Crippen LogP contribution is 2.28. The number of H-pyrrole nitrogens is 1. The van der Waals surface area contributed by atoms with Crippen molar-refractivity contribution in [3.05, 3.63) is 40.4 Å². The van der Waals surface area contributed by atoms with Crippen LogP contribution < -0.4 is 0 Å². The molecule has 1 aliphatic rings. The van der Waals surface area contributed by atoms with Gasteiger partial charge in [0.2, 0.25) is 0 Å². The number of aryl methyl sites for hydroxylation is 1. The number of hydrogen-bond acceptors (Lipinski definition) is 4. The van der Waals surface area contributed by atoms with Gasteiger partial charge in [-0.25, -0.2) is 4.98 Å². The third kappa shape index (κ3) is 2.92. The normalized spacial score (nSPS) is 18.5. The van der Waals surface area contributed by atoms with E-state index in [1.54, 1.807) is 4.90 Å². The van der Waals surface area contributed by atoms with E-state index in [0.717, 1.165) is 24.2 Å². The standard InChI is InChI=1S/C15H17ClN4O2/c1-9-5-12(19-18-9)10-3-2-4-20(8-10)15(22)11-6-14(16)17-7-13(11)21/h5-7,10,21H,2-4,8H2,1H3,(H,18,19). The highest BCUT2D eigenvalue weighted by molar-refractivity contribution is 6.29. The molecule has 1 amide bonds. The molecule has 1 unspecified atom stereocenters. The van der Waals surface area contributed by atoms with Gasteiger partial charge in [-0.05, 0) is 31.9 Å². The van der Waals surface area contributed by atoms with Crippen molar-refractivity contribution in [2.45, 2.75) is 25.7 Å². The Bertz CT molecular complexity index is 701. The Morgan fingerprint density at radius 1 is 1.50 bits per heavy atom. The summed E-state index contributed by atoms with van der Waals surface area (Å²) in [4.78, 5) is 18.1. The van der Waals surface area contributed by atoms with Gasteiger partial charge in [-0.3, -0.25) is 9.89 Å². The molecule has 0 aromatic carbocycles. The van der Waals surface area contributed by atoms with Crippen LogP contribution in [0.4, 0.5) is 0 Å². The molecule has 3 heterocycles. The van der Waals surface area contributed by atoms with Gasteiger partial charge in [0.1, 0.15) is 10.9 Å². The van der Waals surface area contributed by atoms with Crippen molar-refractivity contribution in [3.63, 3.8) is 0 Å². The van der Waals surface area contributed by atoms with Crippen LogP contribution in [-0.2, 0) is 0 Å². The average molecular weight is 321 g/mol. The van der Waals surface area contributed by atoms with Crippen LogP contribution in [-0.4, -0.2) is 44.2 Å². The van der Waals surface area contributed by atoms with Crippen molar-refractivity contribution in [3.8, 4) is 5.75 Å². The van der Waals surface area contributed by atoms with E-state index >= 15 is 0 Å². The van der Waals surface area contributed by atoms with Crippen LogP contribution in [0.2, 0.25) is 5.15 Å². The summed E-state index contributed by atoms with van der Waals surface area (Å²) in [5, 5.41) is 17.3. The summed E-state index contributed by atoms with van der Waals surface area (Å²) in [6, 6.07) is 3.42. The van der Waals surface area contributed by atoms with Gasteiger partial charge in [0, 0.05) is 24.7 Å². The summed E-state index contributed by atoms with van der Waals surface area (Å²) >= 11 is 5.82. The molecule has 22 heavy (non-hydrogen) atoms. The fourth-order valence-electron chi connectivity index (χ4n) is 2.82. The first-order chi connectivity index (χ1) is 10.5. The minimum Gasteiger partial charge on any atom is -0.505 e. The van der Waals surface area contributed by atoms with Gasteiger partial charge in [0.25, 0.3) is 5.91 Å². The maximum Gasteiger partial charge on any atom is 0.257 e. The minimum absolute atomic E-state index is 0.146. The molecule has 116 valence electrons. The Labute approximate surface area is 133 Å². The molecular formula is C15H17ClN4O2. The second kappa shape index (κ2) is 5.96. The molecule has 1 atom stereocenters. The third-order valence-corrected chi connectivity index (χ3v) is 4.14. The van der Waals surface area contributed by atoms with Crippen molar-refractivity contribution in [1.82, 2.24) is 20.1 Å². The summed E-state index contributed by atoms with van der Waals surface area (Å²) in [6.45, 7) is 3.21. The van der Waals surface area contributed by atoms with E-state index in [4.69, 9.17) is 11.6 Å². The van der Waals surface area contributed by atoms with Crippen LogP contribution in [0.15, 0.2) is 18.3 Å². The quantitative estimate of drug-likeness (QED) is 0.833. The molecule has 6 nitrogen and oxygen atoms in total. The number of pyridine rings is 1. The number of piperidine rings is 1. The SMILES string of the molecule is Cc1cc(C2CCCN(C(=O)c3cc(Cl)ncc3O)C2)n[nH]1. The van der Waals surface area contributed by atoms with Crippen molar-refractivity contribution in [2.75, 3.05) is 13.1 Å². The zero-order chi connectivity index (χ0) is 15.7. The van der Waals surface area contributed by atoms with E-state index in [0.29, 0.717) is 13.1 Å². The molecule has 0 saturated carbocycles. The lowest BCUT2D eigenvalue weighted by molar-refractivity contribution is 0.0702. The van der Waals surface area contributed by atoms with Crippen LogP contribution in [0.25, 0.3) is 0 Å². The van der Waals surface area contributed by atoms with E-state index in [9.17, 15) is 9.90 Å². The number of amides is 1. The van der Waals surface area contributed by atoms with Crippen molar-refractivity contribution in [1.29, 1.82) is 0 Å². The molecule has 0 spiro atoms. The molecule has 0 bridgehead atoms. The van der Waals surface area contributed by atoms with Gasteiger partial charge in [-0.15, -0.1) is 0 Å². The number of halogens is 1. The molecular weight excluding hydrogens is 304 g/mol. The van der Waals surface area contributed by atoms with Gasteiger partial charge in [0.15, 0.2) is 0 Å². The van der Waals surface area contributed by atoms with Gasteiger partial charge in [0.05, 0.1) is 17.5 Å². The third-order valence-electron chi connectivity index (χ3n) is 3.93. The van der Waals surface area contributed by atoms with Crippen molar-refractivity contribution < 1.29 is 9.90 Å². The molecule has 1 aliphatic heterocycles. The molecule has 3 rings (SSSR count). The second-order valence-electron chi connectivity index (χ2n) is 5.59. The van der Waals surface area contributed by atoms with Crippen molar-refractivity contribution in [2.24, 2.45) is 0 Å². The molecule has 1 saturated heterocycles. The molecule has 0 radical (unpaired) electrons. The van der Waals surface area contributed by atoms with E-state index < -0.39 is 0 Å². The zero-order valence-corrected chi connectivity index (χ0v) is 13.0. The van der Waals surface area contributed by atoms with Crippen molar-refractivity contribution >= 4 is 17.5 Å². The van der Waals surface area contributed by atoms with Crippen LogP contribution in [0, 0.1) is 6.92 Å². The Morgan fingerprint density at radius 2 is 2.32 bits per heavy atom. The van der Waals surface area contributed by atoms with Gasteiger partial charge < -0.3 is 10.0 Å². The molecule has 0 aliphatic carbocycles. The van der Waals surface area contributed by atoms with Crippen LogP contribution in [0.5, 0.6) is 5.75 Å². The fourth-order valence-corrected chi connectivity index (χ4v) is 2.97. The van der Waals surface area contributed by atoms with Crippen LogP contribution in [0.3, 0.4) is 0 Å².